The Labute approximate surface area is 55.5 Å². The van der Waals surface area contributed by atoms with Gasteiger partial charge in [0.25, 0.3) is 5.56 Å². The Kier molecular flexibility index (Phi) is 1.40. The molecule has 0 aliphatic carbocycles. The predicted octanol–water partition coefficient (Wildman–Crippen LogP) is 1.10. The largest absolute Gasteiger partial charge is 0.279 e. The van der Waals surface area contributed by atoms with Crippen molar-refractivity contribution in [2.45, 2.75) is 0 Å². The second kappa shape index (κ2) is 1.91. The minimum Gasteiger partial charge on any atom is -0.267 e. The maximum Gasteiger partial charge on any atom is 0.279 e. The van der Waals surface area contributed by atoms with Crippen molar-refractivity contribution in [2.24, 2.45) is 7.05 Å². The zero-order valence-electron chi connectivity index (χ0n) is 4.22. The van der Waals surface area contributed by atoms with Crippen LogP contribution in [0.3, 0.4) is 0 Å². The van der Waals surface area contributed by atoms with Crippen LogP contribution >= 0.6 is 23.1 Å². The highest BCUT2D eigenvalue weighted by Gasteiger charge is 1.96. The van der Waals surface area contributed by atoms with Crippen LogP contribution in [0.1, 0.15) is 0 Å². The topological polar surface area (TPSA) is 22.0 Å². The minimum atomic E-state index is -0.114. The van der Waals surface area contributed by atoms with Gasteiger partial charge in [-0.1, -0.05) is 23.1 Å². The molecule has 0 bridgehead atoms. The highest BCUT2D eigenvalue weighted by atomic mass is 35.5. The Morgan fingerprint density at radius 2 is 2.50 bits per heavy atom. The van der Waals surface area contributed by atoms with E-state index in [0.717, 1.165) is 0 Å². The maximum absolute atomic E-state index is 10.6. The highest BCUT2D eigenvalue weighted by molar-refractivity contribution is 7.04. The fourth-order valence-electron chi connectivity index (χ4n) is 0.374. The average molecular weight is 150 g/mol. The molecule has 1 rings (SSSR count). The van der Waals surface area contributed by atoms with Gasteiger partial charge in [-0.05, 0) is 0 Å². The number of aryl methyl sites for hydroxylation is 1. The van der Waals surface area contributed by atoms with E-state index in [4.69, 9.17) is 11.6 Å². The summed E-state index contributed by atoms with van der Waals surface area (Å²) in [7, 11) is 1.68. The lowest BCUT2D eigenvalue weighted by molar-refractivity contribution is 0.981. The molecule has 0 spiro atoms. The molecule has 0 fully saturated rings. The highest BCUT2D eigenvalue weighted by Crippen LogP contribution is 2.03. The summed E-state index contributed by atoms with van der Waals surface area (Å²) in [5.74, 6) is 0. The number of aromatic nitrogens is 1. The second-order valence-electron chi connectivity index (χ2n) is 1.37. The van der Waals surface area contributed by atoms with E-state index in [2.05, 4.69) is 0 Å². The van der Waals surface area contributed by atoms with Crippen molar-refractivity contribution in [3.05, 3.63) is 20.8 Å². The van der Waals surface area contributed by atoms with E-state index in [0.29, 0.717) is 5.02 Å². The fourth-order valence-corrected chi connectivity index (χ4v) is 1.22. The van der Waals surface area contributed by atoms with Crippen LogP contribution in [-0.4, -0.2) is 3.96 Å². The lowest BCUT2D eigenvalue weighted by atomic mass is 10.7. The number of halogens is 1. The van der Waals surface area contributed by atoms with Gasteiger partial charge in [0.2, 0.25) is 0 Å². The smallest absolute Gasteiger partial charge is 0.267 e. The van der Waals surface area contributed by atoms with Crippen molar-refractivity contribution < 1.29 is 0 Å². The summed E-state index contributed by atoms with van der Waals surface area (Å²) in [5.41, 5.74) is -0.114. The first-order valence-electron chi connectivity index (χ1n) is 2.02. The number of nitrogens with zero attached hydrogens (tertiary/aromatic N) is 1. The Balaban J connectivity index is 3.42. The Morgan fingerprint density at radius 3 is 2.62 bits per heavy atom. The molecular weight excluding hydrogens is 146 g/mol. The molecule has 8 heavy (non-hydrogen) atoms. The maximum atomic E-state index is 10.6. The van der Waals surface area contributed by atoms with Crippen LogP contribution in [-0.2, 0) is 7.05 Å². The Bertz CT molecular complexity index is 216. The molecule has 1 aromatic rings. The lowest BCUT2D eigenvalue weighted by Crippen LogP contribution is -2.07. The van der Waals surface area contributed by atoms with Crippen LogP contribution in [0.5, 0.6) is 0 Å². The van der Waals surface area contributed by atoms with Gasteiger partial charge < -0.3 is 0 Å². The molecule has 0 unspecified atom stereocenters. The van der Waals surface area contributed by atoms with E-state index in [-0.39, 0.29) is 5.56 Å². The average Bonchev–Trinajstić information content (AvgIpc) is 1.98. The van der Waals surface area contributed by atoms with Gasteiger partial charge in [-0.2, -0.15) is 0 Å². The van der Waals surface area contributed by atoms with Gasteiger partial charge in [0.15, 0.2) is 0 Å². The summed E-state index contributed by atoms with van der Waals surface area (Å²) in [6, 6.07) is 0. The molecule has 0 atom stereocenters. The zero-order valence-corrected chi connectivity index (χ0v) is 5.79. The molecule has 1 aromatic heterocycles. The van der Waals surface area contributed by atoms with Crippen molar-refractivity contribution >= 4 is 23.1 Å². The Hall–Kier alpha value is -0.280. The van der Waals surface area contributed by atoms with E-state index < -0.39 is 0 Å². The predicted molar refractivity (Wildman–Crippen MR) is 34.6 cm³/mol. The third kappa shape index (κ3) is 0.788. The monoisotopic (exact) mass is 149 g/mol. The quantitative estimate of drug-likeness (QED) is 0.542. The third-order valence-corrected chi connectivity index (χ3v) is 2.03. The van der Waals surface area contributed by atoms with Gasteiger partial charge in [0, 0.05) is 12.4 Å². The first-order chi connectivity index (χ1) is 3.72. The van der Waals surface area contributed by atoms with E-state index in [9.17, 15) is 4.79 Å². The molecule has 0 radical (unpaired) electrons. The van der Waals surface area contributed by atoms with Crippen molar-refractivity contribution in [1.29, 1.82) is 0 Å². The van der Waals surface area contributed by atoms with E-state index in [1.807, 2.05) is 0 Å². The molecular formula is C4H4ClNOS. The molecule has 0 aromatic carbocycles. The van der Waals surface area contributed by atoms with Crippen LogP contribution < -0.4 is 5.56 Å². The molecule has 0 aliphatic heterocycles. The van der Waals surface area contributed by atoms with Crippen molar-refractivity contribution in [2.75, 3.05) is 0 Å². The molecule has 0 aliphatic rings. The van der Waals surface area contributed by atoms with Crippen molar-refractivity contribution in [3.63, 3.8) is 0 Å². The molecule has 44 valence electrons. The number of hydrogen-bond acceptors (Lipinski definition) is 2. The van der Waals surface area contributed by atoms with Crippen molar-refractivity contribution in [1.82, 2.24) is 3.96 Å². The van der Waals surface area contributed by atoms with E-state index in [1.54, 1.807) is 12.4 Å². The van der Waals surface area contributed by atoms with Crippen LogP contribution in [0.2, 0.25) is 5.02 Å². The molecule has 4 heteroatoms. The summed E-state index contributed by atoms with van der Waals surface area (Å²) in [6.45, 7) is 0. The summed E-state index contributed by atoms with van der Waals surface area (Å²) in [4.78, 5) is 10.6. The number of rotatable bonds is 0. The molecule has 1 heterocycles. The normalized spacial score (nSPS) is 9.75. The van der Waals surface area contributed by atoms with Gasteiger partial charge in [-0.25, -0.2) is 0 Å². The third-order valence-electron chi connectivity index (χ3n) is 0.805. The van der Waals surface area contributed by atoms with Gasteiger partial charge in [-0.15, -0.1) is 0 Å². The first-order valence-corrected chi connectivity index (χ1v) is 3.24. The van der Waals surface area contributed by atoms with Gasteiger partial charge in [-0.3, -0.25) is 8.75 Å². The SMILES string of the molecule is Cn1scc(Cl)c1=O. The molecule has 0 amide bonds. The standard InChI is InChI=1S/C4H4ClNOS/c1-6-4(7)3(5)2-8-6/h2H,1H3. The minimum absolute atomic E-state index is 0.114. The summed E-state index contributed by atoms with van der Waals surface area (Å²) in [5, 5.41) is 1.92. The lowest BCUT2D eigenvalue weighted by Gasteiger charge is -1.77. The second-order valence-corrected chi connectivity index (χ2v) is 2.78. The van der Waals surface area contributed by atoms with Crippen molar-refractivity contribution in [3.8, 4) is 0 Å². The fraction of sp³-hybridized carbons (Fsp3) is 0.250. The van der Waals surface area contributed by atoms with Crippen LogP contribution in [0, 0.1) is 0 Å². The zero-order chi connectivity index (χ0) is 6.15. The molecule has 2 nitrogen and oxygen atoms in total. The Morgan fingerprint density at radius 1 is 1.88 bits per heavy atom. The molecule has 0 saturated carbocycles. The number of hydrogen-bond donors (Lipinski definition) is 0. The van der Waals surface area contributed by atoms with Gasteiger partial charge in [0.1, 0.15) is 5.02 Å². The summed E-state index contributed by atoms with van der Waals surface area (Å²) in [6.07, 6.45) is 0. The van der Waals surface area contributed by atoms with Crippen LogP contribution in [0.15, 0.2) is 10.2 Å². The van der Waals surface area contributed by atoms with Gasteiger partial charge >= 0.3 is 0 Å². The van der Waals surface area contributed by atoms with Crippen LogP contribution in [0.25, 0.3) is 0 Å². The first kappa shape index (κ1) is 5.85. The molecule has 0 N–H and O–H groups in total. The summed E-state index contributed by atoms with van der Waals surface area (Å²) >= 11 is 6.71. The summed E-state index contributed by atoms with van der Waals surface area (Å²) < 4.78 is 1.47. The van der Waals surface area contributed by atoms with E-state index in [1.165, 1.54) is 15.5 Å². The van der Waals surface area contributed by atoms with Crippen LogP contribution in [0.4, 0.5) is 0 Å². The van der Waals surface area contributed by atoms with Gasteiger partial charge in [0.05, 0.1) is 0 Å². The van der Waals surface area contributed by atoms with E-state index >= 15 is 0 Å². The molecule has 0 saturated heterocycles.